The van der Waals surface area contributed by atoms with E-state index in [4.69, 9.17) is 0 Å². The number of hydrogen-bond donors (Lipinski definition) is 1. The van der Waals surface area contributed by atoms with Crippen molar-refractivity contribution in [2.75, 3.05) is 26.2 Å². The fourth-order valence-corrected chi connectivity index (χ4v) is 3.01. The van der Waals surface area contributed by atoms with E-state index in [2.05, 4.69) is 24.1 Å². The summed E-state index contributed by atoms with van der Waals surface area (Å²) >= 11 is 0. The molecule has 0 atom stereocenters. The molecule has 0 aromatic rings. The van der Waals surface area contributed by atoms with Crippen LogP contribution in [-0.2, 0) is 0 Å². The van der Waals surface area contributed by atoms with Crippen LogP contribution in [0.1, 0.15) is 52.4 Å². The molecule has 2 aliphatic rings. The molecule has 0 unspecified atom stereocenters. The molecule has 2 fully saturated rings. The Balaban J connectivity index is 1.65. The first-order valence-electron chi connectivity index (χ1n) is 7.70. The number of hydrogen-bond acceptors (Lipinski definition) is 2. The van der Waals surface area contributed by atoms with Gasteiger partial charge >= 0.3 is 0 Å². The second-order valence-electron chi connectivity index (χ2n) is 6.47. The van der Waals surface area contributed by atoms with Gasteiger partial charge in [0.25, 0.3) is 0 Å². The predicted molar refractivity (Wildman–Crippen MR) is 74.3 cm³/mol. The summed E-state index contributed by atoms with van der Waals surface area (Å²) in [5.74, 6) is 1.82. The van der Waals surface area contributed by atoms with Crippen molar-refractivity contribution in [3.05, 3.63) is 0 Å². The maximum atomic E-state index is 3.63. The molecule has 17 heavy (non-hydrogen) atoms. The van der Waals surface area contributed by atoms with Crippen LogP contribution in [0.4, 0.5) is 0 Å². The molecule has 0 aromatic heterocycles. The van der Waals surface area contributed by atoms with E-state index in [0.29, 0.717) is 0 Å². The van der Waals surface area contributed by atoms with Gasteiger partial charge in [-0.3, -0.25) is 4.90 Å². The zero-order valence-electron chi connectivity index (χ0n) is 11.8. The minimum Gasteiger partial charge on any atom is -0.315 e. The standard InChI is InChI=1S/C15H30N2/c1-13(2)12-17(15-5-3-4-6-15)10-9-16-11-14-7-8-14/h13-16H,3-12H2,1-2H3. The highest BCUT2D eigenvalue weighted by Crippen LogP contribution is 2.27. The zero-order valence-corrected chi connectivity index (χ0v) is 11.8. The van der Waals surface area contributed by atoms with Gasteiger partial charge in [-0.15, -0.1) is 0 Å². The summed E-state index contributed by atoms with van der Waals surface area (Å²) < 4.78 is 0. The quantitative estimate of drug-likeness (QED) is 0.654. The van der Waals surface area contributed by atoms with Gasteiger partial charge in [-0.1, -0.05) is 26.7 Å². The molecule has 0 spiro atoms. The third-order valence-electron chi connectivity index (χ3n) is 4.15. The van der Waals surface area contributed by atoms with Crippen LogP contribution >= 0.6 is 0 Å². The van der Waals surface area contributed by atoms with Gasteiger partial charge in [0.1, 0.15) is 0 Å². The van der Waals surface area contributed by atoms with Crippen LogP contribution in [0.15, 0.2) is 0 Å². The Hall–Kier alpha value is -0.0800. The second-order valence-corrected chi connectivity index (χ2v) is 6.47. The van der Waals surface area contributed by atoms with Crippen molar-refractivity contribution in [3.8, 4) is 0 Å². The smallest absolute Gasteiger partial charge is 0.0110 e. The van der Waals surface area contributed by atoms with Crippen molar-refractivity contribution < 1.29 is 0 Å². The Morgan fingerprint density at radius 3 is 2.41 bits per heavy atom. The number of rotatable bonds is 8. The number of nitrogens with zero attached hydrogens (tertiary/aromatic N) is 1. The molecule has 2 aliphatic carbocycles. The summed E-state index contributed by atoms with van der Waals surface area (Å²) in [6.45, 7) is 9.70. The summed E-state index contributed by atoms with van der Waals surface area (Å²) in [5, 5.41) is 3.63. The fourth-order valence-electron chi connectivity index (χ4n) is 3.01. The SMILES string of the molecule is CC(C)CN(CCNCC1CC1)C1CCCC1. The average Bonchev–Trinajstić information content (AvgIpc) is 2.94. The molecule has 0 saturated heterocycles. The summed E-state index contributed by atoms with van der Waals surface area (Å²) in [6, 6.07) is 0.889. The lowest BCUT2D eigenvalue weighted by Crippen LogP contribution is -2.41. The maximum Gasteiger partial charge on any atom is 0.0110 e. The zero-order chi connectivity index (χ0) is 12.1. The van der Waals surface area contributed by atoms with E-state index in [1.807, 2.05) is 0 Å². The third kappa shape index (κ3) is 4.97. The van der Waals surface area contributed by atoms with E-state index in [-0.39, 0.29) is 0 Å². The van der Waals surface area contributed by atoms with Crippen LogP contribution < -0.4 is 5.32 Å². The van der Waals surface area contributed by atoms with Gasteiger partial charge in [0.15, 0.2) is 0 Å². The Kier molecular flexibility index (Phi) is 5.30. The van der Waals surface area contributed by atoms with Gasteiger partial charge < -0.3 is 5.32 Å². The highest BCUT2D eigenvalue weighted by atomic mass is 15.2. The van der Waals surface area contributed by atoms with Gasteiger partial charge in [-0.05, 0) is 44.1 Å². The summed E-state index contributed by atoms with van der Waals surface area (Å²) in [6.07, 6.45) is 8.71. The molecule has 0 aliphatic heterocycles. The summed E-state index contributed by atoms with van der Waals surface area (Å²) in [7, 11) is 0. The molecule has 2 saturated carbocycles. The topological polar surface area (TPSA) is 15.3 Å². The van der Waals surface area contributed by atoms with E-state index in [1.165, 1.54) is 64.7 Å². The maximum absolute atomic E-state index is 3.63. The first-order valence-corrected chi connectivity index (χ1v) is 7.70. The van der Waals surface area contributed by atoms with Crippen LogP contribution in [0.5, 0.6) is 0 Å². The van der Waals surface area contributed by atoms with E-state index in [1.54, 1.807) is 0 Å². The molecular weight excluding hydrogens is 208 g/mol. The monoisotopic (exact) mass is 238 g/mol. The van der Waals surface area contributed by atoms with Gasteiger partial charge in [-0.2, -0.15) is 0 Å². The van der Waals surface area contributed by atoms with Crippen molar-refractivity contribution in [1.82, 2.24) is 10.2 Å². The molecule has 2 heteroatoms. The van der Waals surface area contributed by atoms with Crippen molar-refractivity contribution in [3.63, 3.8) is 0 Å². The van der Waals surface area contributed by atoms with Gasteiger partial charge in [0.05, 0.1) is 0 Å². The van der Waals surface area contributed by atoms with Crippen molar-refractivity contribution >= 4 is 0 Å². The first kappa shape index (κ1) is 13.4. The molecule has 0 bridgehead atoms. The van der Waals surface area contributed by atoms with Crippen LogP contribution in [-0.4, -0.2) is 37.1 Å². The molecule has 0 radical (unpaired) electrons. The van der Waals surface area contributed by atoms with Crippen molar-refractivity contribution in [2.45, 2.75) is 58.4 Å². The van der Waals surface area contributed by atoms with E-state index in [0.717, 1.165) is 17.9 Å². The normalized spacial score (nSPS) is 21.9. The molecular formula is C15H30N2. The first-order chi connectivity index (χ1) is 8.25. The largest absolute Gasteiger partial charge is 0.315 e. The minimum absolute atomic E-state index is 0.805. The van der Waals surface area contributed by atoms with E-state index < -0.39 is 0 Å². The third-order valence-corrected chi connectivity index (χ3v) is 4.15. The molecule has 2 rings (SSSR count). The highest BCUT2D eigenvalue weighted by Gasteiger charge is 2.23. The van der Waals surface area contributed by atoms with Gasteiger partial charge in [0.2, 0.25) is 0 Å². The number of nitrogens with one attached hydrogen (secondary N) is 1. The Morgan fingerprint density at radius 1 is 1.12 bits per heavy atom. The molecule has 2 nitrogen and oxygen atoms in total. The Morgan fingerprint density at radius 2 is 1.82 bits per heavy atom. The van der Waals surface area contributed by atoms with Crippen molar-refractivity contribution in [1.29, 1.82) is 0 Å². The van der Waals surface area contributed by atoms with Crippen LogP contribution in [0.25, 0.3) is 0 Å². The molecule has 0 amide bonds. The molecule has 0 heterocycles. The van der Waals surface area contributed by atoms with Crippen LogP contribution in [0.2, 0.25) is 0 Å². The lowest BCUT2D eigenvalue weighted by Gasteiger charge is -2.30. The Bertz CT molecular complexity index is 205. The van der Waals surface area contributed by atoms with Crippen LogP contribution in [0, 0.1) is 11.8 Å². The minimum atomic E-state index is 0.805. The summed E-state index contributed by atoms with van der Waals surface area (Å²) in [4.78, 5) is 2.75. The predicted octanol–water partition coefficient (Wildman–Crippen LogP) is 2.89. The fraction of sp³-hybridized carbons (Fsp3) is 1.00. The second kappa shape index (κ2) is 6.75. The lowest BCUT2D eigenvalue weighted by molar-refractivity contribution is 0.177. The lowest BCUT2D eigenvalue weighted by atomic mass is 10.1. The van der Waals surface area contributed by atoms with Gasteiger partial charge in [-0.25, -0.2) is 0 Å². The molecule has 0 aromatic carbocycles. The average molecular weight is 238 g/mol. The van der Waals surface area contributed by atoms with E-state index in [9.17, 15) is 0 Å². The van der Waals surface area contributed by atoms with Crippen molar-refractivity contribution in [2.24, 2.45) is 11.8 Å². The van der Waals surface area contributed by atoms with Gasteiger partial charge in [0, 0.05) is 25.7 Å². The van der Waals surface area contributed by atoms with Crippen LogP contribution in [0.3, 0.4) is 0 Å². The highest BCUT2D eigenvalue weighted by molar-refractivity contribution is 4.79. The summed E-state index contributed by atoms with van der Waals surface area (Å²) in [5.41, 5.74) is 0. The Labute approximate surface area is 107 Å². The van der Waals surface area contributed by atoms with E-state index >= 15 is 0 Å². The molecule has 1 N–H and O–H groups in total. The molecule has 100 valence electrons.